The van der Waals surface area contributed by atoms with Crippen molar-refractivity contribution in [1.82, 2.24) is 14.7 Å². The minimum Gasteiger partial charge on any atom is -0.328 e. The topological polar surface area (TPSA) is 61.9 Å². The molecule has 1 amide bonds. The van der Waals surface area contributed by atoms with E-state index in [2.05, 4.69) is 5.10 Å². The predicted molar refractivity (Wildman–Crippen MR) is 50.1 cm³/mol. The lowest BCUT2D eigenvalue weighted by Crippen LogP contribution is -2.36. The zero-order valence-corrected chi connectivity index (χ0v) is 8.21. The van der Waals surface area contributed by atoms with Gasteiger partial charge in [0.1, 0.15) is 12.6 Å². The highest BCUT2D eigenvalue weighted by atomic mass is 16.2. The van der Waals surface area contributed by atoms with E-state index in [1.165, 1.54) is 9.58 Å². The van der Waals surface area contributed by atoms with Gasteiger partial charge < -0.3 is 4.90 Å². The zero-order chi connectivity index (χ0) is 10.6. The highest BCUT2D eigenvalue weighted by Gasteiger charge is 2.14. The first kappa shape index (κ1) is 10.3. The first-order valence-electron chi connectivity index (χ1n) is 4.28. The maximum atomic E-state index is 11.5. The number of nitriles is 1. The molecule has 1 atom stereocenters. The van der Waals surface area contributed by atoms with Crippen molar-refractivity contribution < 1.29 is 4.79 Å². The van der Waals surface area contributed by atoms with Crippen LogP contribution < -0.4 is 0 Å². The van der Waals surface area contributed by atoms with Crippen molar-refractivity contribution in [3.8, 4) is 6.07 Å². The molecule has 74 valence electrons. The third-order valence-corrected chi connectivity index (χ3v) is 2.02. The Morgan fingerprint density at radius 3 is 3.00 bits per heavy atom. The Labute approximate surface area is 82.5 Å². The summed E-state index contributed by atoms with van der Waals surface area (Å²) in [5.74, 6) is -0.122. The molecule has 1 aromatic heterocycles. The van der Waals surface area contributed by atoms with Crippen molar-refractivity contribution in [2.24, 2.45) is 0 Å². The third-order valence-electron chi connectivity index (χ3n) is 2.02. The molecular formula is C9H12N4O. The lowest BCUT2D eigenvalue weighted by molar-refractivity contribution is -0.131. The molecule has 1 rings (SSSR count). The maximum Gasteiger partial charge on any atom is 0.245 e. The van der Waals surface area contributed by atoms with Crippen molar-refractivity contribution in [2.75, 3.05) is 7.05 Å². The van der Waals surface area contributed by atoms with Crippen molar-refractivity contribution in [3.63, 3.8) is 0 Å². The number of amides is 1. The summed E-state index contributed by atoms with van der Waals surface area (Å²) in [6.07, 6.45) is 3.32. The zero-order valence-electron chi connectivity index (χ0n) is 8.21. The Balaban J connectivity index is 2.55. The van der Waals surface area contributed by atoms with E-state index in [0.717, 1.165) is 0 Å². The lowest BCUT2D eigenvalue weighted by Gasteiger charge is -2.18. The molecule has 0 aromatic carbocycles. The van der Waals surface area contributed by atoms with E-state index in [1.54, 1.807) is 32.4 Å². The van der Waals surface area contributed by atoms with Crippen LogP contribution in [0.25, 0.3) is 0 Å². The van der Waals surface area contributed by atoms with Crippen LogP contribution in [0.1, 0.15) is 6.92 Å². The Morgan fingerprint density at radius 1 is 1.79 bits per heavy atom. The van der Waals surface area contributed by atoms with Crippen LogP contribution in [0.5, 0.6) is 0 Å². The second kappa shape index (κ2) is 4.42. The first-order valence-corrected chi connectivity index (χ1v) is 4.28. The standard InChI is InChI=1S/C9H12N4O/c1-8(6-10)12(2)9(14)7-13-5-3-4-11-13/h3-5,8H,7H2,1-2H3. The van der Waals surface area contributed by atoms with Gasteiger partial charge in [0.05, 0.1) is 6.07 Å². The summed E-state index contributed by atoms with van der Waals surface area (Å²) >= 11 is 0. The second-order valence-corrected chi connectivity index (χ2v) is 3.01. The predicted octanol–water partition coefficient (Wildman–Crippen LogP) is 0.254. The summed E-state index contributed by atoms with van der Waals surface area (Å²) in [7, 11) is 1.61. The first-order chi connectivity index (χ1) is 6.65. The van der Waals surface area contributed by atoms with Crippen molar-refractivity contribution in [2.45, 2.75) is 19.5 Å². The van der Waals surface area contributed by atoms with Gasteiger partial charge in [-0.15, -0.1) is 0 Å². The van der Waals surface area contributed by atoms with E-state index in [1.807, 2.05) is 6.07 Å². The lowest BCUT2D eigenvalue weighted by atomic mass is 10.3. The quantitative estimate of drug-likeness (QED) is 0.689. The largest absolute Gasteiger partial charge is 0.328 e. The normalized spacial score (nSPS) is 11.8. The summed E-state index contributed by atoms with van der Waals surface area (Å²) in [4.78, 5) is 12.9. The number of carbonyl (C=O) groups is 1. The van der Waals surface area contributed by atoms with Crippen LogP contribution in [-0.4, -0.2) is 33.7 Å². The Morgan fingerprint density at radius 2 is 2.50 bits per heavy atom. The maximum absolute atomic E-state index is 11.5. The molecule has 1 unspecified atom stereocenters. The van der Waals surface area contributed by atoms with Gasteiger partial charge >= 0.3 is 0 Å². The van der Waals surface area contributed by atoms with Gasteiger partial charge in [0, 0.05) is 19.4 Å². The second-order valence-electron chi connectivity index (χ2n) is 3.01. The minimum atomic E-state index is -0.405. The van der Waals surface area contributed by atoms with Gasteiger partial charge in [-0.2, -0.15) is 10.4 Å². The molecule has 0 aliphatic heterocycles. The van der Waals surface area contributed by atoms with Crippen LogP contribution in [0.4, 0.5) is 0 Å². The molecule has 0 spiro atoms. The average Bonchev–Trinajstić information content (AvgIpc) is 2.68. The van der Waals surface area contributed by atoms with Gasteiger partial charge in [-0.05, 0) is 13.0 Å². The molecule has 5 nitrogen and oxygen atoms in total. The molecule has 0 aliphatic carbocycles. The molecule has 5 heteroatoms. The van der Waals surface area contributed by atoms with Gasteiger partial charge in [0.25, 0.3) is 0 Å². The van der Waals surface area contributed by atoms with Crippen LogP contribution in [0.15, 0.2) is 18.5 Å². The van der Waals surface area contributed by atoms with E-state index >= 15 is 0 Å². The van der Waals surface area contributed by atoms with E-state index in [0.29, 0.717) is 0 Å². The number of nitrogens with zero attached hydrogens (tertiary/aromatic N) is 4. The SMILES string of the molecule is CC(C#N)N(C)C(=O)Cn1cccn1. The number of hydrogen-bond donors (Lipinski definition) is 0. The van der Waals surface area contributed by atoms with Crippen LogP contribution in [0.3, 0.4) is 0 Å². The summed E-state index contributed by atoms with van der Waals surface area (Å²) in [6.45, 7) is 1.86. The van der Waals surface area contributed by atoms with Gasteiger partial charge in [-0.25, -0.2) is 0 Å². The monoisotopic (exact) mass is 192 g/mol. The van der Waals surface area contributed by atoms with E-state index in [9.17, 15) is 4.79 Å². The molecule has 1 heterocycles. The van der Waals surface area contributed by atoms with Crippen molar-refractivity contribution >= 4 is 5.91 Å². The third kappa shape index (κ3) is 2.33. The minimum absolute atomic E-state index is 0.122. The molecule has 1 aromatic rings. The summed E-state index contributed by atoms with van der Waals surface area (Å²) in [5.41, 5.74) is 0. The molecular weight excluding hydrogens is 180 g/mol. The summed E-state index contributed by atoms with van der Waals surface area (Å²) in [6, 6.07) is 3.35. The molecule has 0 aliphatic rings. The molecule has 0 radical (unpaired) electrons. The molecule has 0 N–H and O–H groups in total. The number of aromatic nitrogens is 2. The molecule has 0 saturated carbocycles. The van der Waals surface area contributed by atoms with Crippen LogP contribution in [0.2, 0.25) is 0 Å². The molecule has 14 heavy (non-hydrogen) atoms. The smallest absolute Gasteiger partial charge is 0.245 e. The fourth-order valence-corrected chi connectivity index (χ4v) is 0.947. The van der Waals surface area contributed by atoms with Crippen molar-refractivity contribution in [3.05, 3.63) is 18.5 Å². The Kier molecular flexibility index (Phi) is 3.24. The van der Waals surface area contributed by atoms with Crippen LogP contribution in [-0.2, 0) is 11.3 Å². The van der Waals surface area contributed by atoms with Gasteiger partial charge in [-0.3, -0.25) is 9.48 Å². The highest BCUT2D eigenvalue weighted by Crippen LogP contribution is 1.96. The van der Waals surface area contributed by atoms with Crippen LogP contribution in [0, 0.1) is 11.3 Å². The van der Waals surface area contributed by atoms with Crippen molar-refractivity contribution in [1.29, 1.82) is 5.26 Å². The molecule has 0 saturated heterocycles. The number of likely N-dealkylation sites (N-methyl/N-ethyl adjacent to an activating group) is 1. The van der Waals surface area contributed by atoms with Gasteiger partial charge in [0.15, 0.2) is 0 Å². The Bertz CT molecular complexity index is 338. The fraction of sp³-hybridized carbons (Fsp3) is 0.444. The summed E-state index contributed by atoms with van der Waals surface area (Å²) in [5, 5.41) is 12.5. The summed E-state index contributed by atoms with van der Waals surface area (Å²) < 4.78 is 1.53. The molecule has 0 fully saturated rings. The molecule has 0 bridgehead atoms. The van der Waals surface area contributed by atoms with Gasteiger partial charge in [0.2, 0.25) is 5.91 Å². The van der Waals surface area contributed by atoms with Crippen LogP contribution >= 0.6 is 0 Å². The highest BCUT2D eigenvalue weighted by molar-refractivity contribution is 5.76. The fourth-order valence-electron chi connectivity index (χ4n) is 0.947. The van der Waals surface area contributed by atoms with Gasteiger partial charge in [-0.1, -0.05) is 0 Å². The number of hydrogen-bond acceptors (Lipinski definition) is 3. The Hall–Kier alpha value is -1.83. The van der Waals surface area contributed by atoms with E-state index in [-0.39, 0.29) is 12.5 Å². The van der Waals surface area contributed by atoms with E-state index in [4.69, 9.17) is 5.26 Å². The number of carbonyl (C=O) groups excluding carboxylic acids is 1. The van der Waals surface area contributed by atoms with E-state index < -0.39 is 6.04 Å². The number of rotatable bonds is 3. The average molecular weight is 192 g/mol.